The predicted octanol–water partition coefficient (Wildman–Crippen LogP) is 3.31. The molecule has 0 heterocycles. The Kier molecular flexibility index (Phi) is 16.8. The molecule has 42 heavy (non-hydrogen) atoms. The minimum atomic E-state index is 0. The van der Waals surface area contributed by atoms with E-state index < -0.39 is 0 Å². The lowest BCUT2D eigenvalue weighted by Gasteiger charge is -2.07. The molecule has 0 aliphatic heterocycles. The van der Waals surface area contributed by atoms with Crippen molar-refractivity contribution in [1.82, 2.24) is 0 Å². The molecule has 0 bridgehead atoms. The monoisotopic (exact) mass is 715 g/mol. The van der Waals surface area contributed by atoms with Gasteiger partial charge in [-0.15, -0.1) is 0 Å². The first-order chi connectivity index (χ1) is 19.1. The molecule has 0 fully saturated rings. The summed E-state index contributed by atoms with van der Waals surface area (Å²) in [5.41, 5.74) is 6.17. The minimum absolute atomic E-state index is 0. The molecule has 0 saturated carbocycles. The molecular weight excluding hydrogens is 676 g/mol. The highest BCUT2D eigenvalue weighted by molar-refractivity contribution is 9.10. The number of quaternary nitrogens is 2. The number of ketones is 2. The van der Waals surface area contributed by atoms with Crippen molar-refractivity contribution in [1.29, 1.82) is 0 Å². The van der Waals surface area contributed by atoms with Crippen LogP contribution in [0.2, 0.25) is 0 Å². The first-order valence-corrected chi connectivity index (χ1v) is 15.1. The third-order valence-electron chi connectivity index (χ3n) is 6.36. The molecule has 0 atom stereocenters. The summed E-state index contributed by atoms with van der Waals surface area (Å²) in [5.74, 6) is 0.418. The SMILES string of the molecule is C.C[NH+](C)CC(=O)c1ccc(-c2ccc(Br)cc2)cc1.C[NH+](C)CCCC(=O)c1ccc(-c2ccc(Br)cc2)cc1.[Cl-]. The number of rotatable bonds is 10. The fourth-order valence-electron chi connectivity index (χ4n) is 4.15. The van der Waals surface area contributed by atoms with Gasteiger partial charge in [0.15, 0.2) is 5.78 Å². The van der Waals surface area contributed by atoms with E-state index in [1.807, 2.05) is 86.9 Å². The molecule has 7 heteroatoms. The molecule has 4 aromatic rings. The lowest BCUT2D eigenvalue weighted by atomic mass is 10.0. The number of nitrogens with one attached hydrogen (secondary N) is 2. The fraction of sp³-hybridized carbons (Fsp3) is 0.257. The molecule has 2 N–H and O–H groups in total. The van der Waals surface area contributed by atoms with Crippen LogP contribution in [0.3, 0.4) is 0 Å². The molecule has 0 saturated heterocycles. The van der Waals surface area contributed by atoms with Crippen LogP contribution in [0.4, 0.5) is 0 Å². The van der Waals surface area contributed by atoms with Crippen LogP contribution >= 0.6 is 31.9 Å². The van der Waals surface area contributed by atoms with Gasteiger partial charge >= 0.3 is 0 Å². The Hall–Kier alpha value is -2.61. The molecule has 0 aliphatic carbocycles. The Morgan fingerprint density at radius 1 is 0.548 bits per heavy atom. The van der Waals surface area contributed by atoms with Crippen LogP contribution in [-0.4, -0.2) is 52.8 Å². The molecule has 0 aromatic heterocycles. The van der Waals surface area contributed by atoms with E-state index in [-0.39, 0.29) is 31.4 Å². The normalized spacial score (nSPS) is 10.3. The Labute approximate surface area is 274 Å². The van der Waals surface area contributed by atoms with Gasteiger partial charge in [0, 0.05) is 32.9 Å². The predicted molar refractivity (Wildman–Crippen MR) is 179 cm³/mol. The van der Waals surface area contributed by atoms with Crippen LogP contribution in [0.25, 0.3) is 22.3 Å². The van der Waals surface area contributed by atoms with Crippen molar-refractivity contribution in [2.45, 2.75) is 20.3 Å². The van der Waals surface area contributed by atoms with E-state index in [1.165, 1.54) is 4.90 Å². The number of Topliss-reactive ketones (excluding diaryl/α,β-unsaturated/α-hetero) is 2. The molecule has 224 valence electrons. The number of carbonyl (C=O) groups excluding carboxylic acids is 2. The van der Waals surface area contributed by atoms with Gasteiger partial charge in [-0.3, -0.25) is 9.59 Å². The van der Waals surface area contributed by atoms with Crippen molar-refractivity contribution in [3.8, 4) is 22.3 Å². The van der Waals surface area contributed by atoms with E-state index >= 15 is 0 Å². The highest BCUT2D eigenvalue weighted by Gasteiger charge is 2.10. The van der Waals surface area contributed by atoms with Crippen molar-refractivity contribution < 1.29 is 31.8 Å². The summed E-state index contributed by atoms with van der Waals surface area (Å²) >= 11 is 6.86. The fourth-order valence-corrected chi connectivity index (χ4v) is 4.68. The first kappa shape index (κ1) is 37.4. The van der Waals surface area contributed by atoms with Gasteiger partial charge in [0.25, 0.3) is 0 Å². The molecule has 0 radical (unpaired) electrons. The quantitative estimate of drug-likeness (QED) is 0.248. The van der Waals surface area contributed by atoms with Crippen molar-refractivity contribution in [2.75, 3.05) is 41.3 Å². The summed E-state index contributed by atoms with van der Waals surface area (Å²) < 4.78 is 2.14. The maximum Gasteiger partial charge on any atom is 0.216 e. The maximum absolute atomic E-state index is 12.1. The molecule has 4 aromatic carbocycles. The minimum Gasteiger partial charge on any atom is -1.00 e. The van der Waals surface area contributed by atoms with Gasteiger partial charge in [-0.1, -0.05) is 112 Å². The standard InChI is InChI=1S/C18H20BrNO.C16H16BrNO.CH4.ClH/c1-20(2)13-3-4-18(21)16-7-5-14(6-8-16)15-9-11-17(19)12-10-15;1-18(2)11-16(19)14-5-3-12(4-6-14)13-7-9-15(17)10-8-13;;/h5-12H,3-4,13H2,1-2H3;3-10H,11H2,1-2H3;1H4;1H/p+1. The second-order valence-electron chi connectivity index (χ2n) is 10.5. The summed E-state index contributed by atoms with van der Waals surface area (Å²) in [4.78, 5) is 26.5. The number of benzene rings is 4. The zero-order chi connectivity index (χ0) is 29.1. The van der Waals surface area contributed by atoms with Crippen LogP contribution in [-0.2, 0) is 0 Å². The number of likely N-dealkylation sites (N-methyl/N-ethyl adjacent to an activating group) is 1. The number of halogens is 3. The van der Waals surface area contributed by atoms with Crippen molar-refractivity contribution in [3.05, 3.63) is 117 Å². The molecule has 4 rings (SSSR count). The Balaban J connectivity index is 0.000000403. The largest absolute Gasteiger partial charge is 1.00 e. The van der Waals surface area contributed by atoms with Gasteiger partial charge in [0.05, 0.1) is 34.7 Å². The zero-order valence-corrected chi connectivity index (χ0v) is 27.9. The average molecular weight is 718 g/mol. The number of hydrogen-bond acceptors (Lipinski definition) is 2. The number of hydrogen-bond donors (Lipinski definition) is 2. The van der Waals surface area contributed by atoms with Crippen LogP contribution in [0.1, 0.15) is 41.0 Å². The van der Waals surface area contributed by atoms with Crippen molar-refractivity contribution in [3.63, 3.8) is 0 Å². The van der Waals surface area contributed by atoms with Crippen LogP contribution in [0.5, 0.6) is 0 Å². The van der Waals surface area contributed by atoms with Crippen LogP contribution in [0, 0.1) is 0 Å². The summed E-state index contributed by atoms with van der Waals surface area (Å²) in [7, 11) is 8.18. The van der Waals surface area contributed by atoms with Gasteiger partial charge in [-0.2, -0.15) is 0 Å². The number of carbonyl (C=O) groups is 2. The van der Waals surface area contributed by atoms with E-state index in [4.69, 9.17) is 0 Å². The molecule has 0 amide bonds. The topological polar surface area (TPSA) is 43.0 Å². The first-order valence-electron chi connectivity index (χ1n) is 13.5. The summed E-state index contributed by atoms with van der Waals surface area (Å²) in [5, 5.41) is 0. The van der Waals surface area contributed by atoms with Gasteiger partial charge in [-0.25, -0.2) is 0 Å². The Morgan fingerprint density at radius 2 is 0.881 bits per heavy atom. The van der Waals surface area contributed by atoms with Crippen molar-refractivity contribution >= 4 is 43.4 Å². The lowest BCUT2D eigenvalue weighted by Crippen LogP contribution is -3.06. The van der Waals surface area contributed by atoms with E-state index in [0.29, 0.717) is 13.0 Å². The molecule has 0 unspecified atom stereocenters. The third kappa shape index (κ3) is 12.3. The molecule has 4 nitrogen and oxygen atoms in total. The van der Waals surface area contributed by atoms with E-state index in [0.717, 1.165) is 60.2 Å². The Bertz CT molecular complexity index is 1370. The second kappa shape index (κ2) is 18.8. The lowest BCUT2D eigenvalue weighted by molar-refractivity contribution is -0.858. The van der Waals surface area contributed by atoms with Crippen LogP contribution < -0.4 is 22.2 Å². The van der Waals surface area contributed by atoms with Crippen molar-refractivity contribution in [2.24, 2.45) is 0 Å². The second-order valence-corrected chi connectivity index (χ2v) is 12.3. The van der Waals surface area contributed by atoms with E-state index in [9.17, 15) is 9.59 Å². The summed E-state index contributed by atoms with van der Waals surface area (Å²) in [6.45, 7) is 1.56. The highest BCUT2D eigenvalue weighted by atomic mass is 79.9. The molecule has 0 aliphatic rings. The third-order valence-corrected chi connectivity index (χ3v) is 7.42. The summed E-state index contributed by atoms with van der Waals surface area (Å²) in [6, 6.07) is 32.1. The van der Waals surface area contributed by atoms with Crippen LogP contribution in [0.15, 0.2) is 106 Å². The van der Waals surface area contributed by atoms with Gasteiger partial charge in [0.1, 0.15) is 6.54 Å². The van der Waals surface area contributed by atoms with Gasteiger partial charge in [-0.05, 0) is 46.5 Å². The maximum atomic E-state index is 12.1. The van der Waals surface area contributed by atoms with E-state index in [2.05, 4.69) is 70.2 Å². The molecule has 0 spiro atoms. The average Bonchev–Trinajstić information content (AvgIpc) is 2.94. The summed E-state index contributed by atoms with van der Waals surface area (Å²) in [6.07, 6.45) is 1.57. The highest BCUT2D eigenvalue weighted by Crippen LogP contribution is 2.23. The molecular formula is C35H42Br2ClN2O2+. The van der Waals surface area contributed by atoms with E-state index in [1.54, 1.807) is 0 Å². The smallest absolute Gasteiger partial charge is 0.216 e. The van der Waals surface area contributed by atoms with Gasteiger partial charge < -0.3 is 22.2 Å². The Morgan fingerprint density at radius 3 is 1.21 bits per heavy atom. The zero-order valence-electron chi connectivity index (χ0n) is 24.0. The van der Waals surface area contributed by atoms with Gasteiger partial charge in [0.2, 0.25) is 5.78 Å².